The predicted octanol–water partition coefficient (Wildman–Crippen LogP) is 4.22. The first-order valence-electron chi connectivity index (χ1n) is 8.82. The predicted molar refractivity (Wildman–Crippen MR) is 104 cm³/mol. The molecular weight excluding hydrogens is 390 g/mol. The molecule has 2 aromatic rings. The lowest BCUT2D eigenvalue weighted by Crippen LogP contribution is -2.49. The Morgan fingerprint density at radius 3 is 2.43 bits per heavy atom. The Labute approximate surface area is 167 Å². The van der Waals surface area contributed by atoms with Crippen molar-refractivity contribution in [1.29, 1.82) is 0 Å². The van der Waals surface area contributed by atoms with Crippen LogP contribution in [0.15, 0.2) is 36.4 Å². The summed E-state index contributed by atoms with van der Waals surface area (Å²) in [5.41, 5.74) is 2.56. The van der Waals surface area contributed by atoms with Gasteiger partial charge in [-0.15, -0.1) is 0 Å². The number of carbonyl (C=O) groups is 1. The van der Waals surface area contributed by atoms with E-state index in [4.69, 9.17) is 16.3 Å². The van der Waals surface area contributed by atoms with Crippen molar-refractivity contribution < 1.29 is 23.0 Å². The number of benzene rings is 2. The molecule has 1 saturated heterocycles. The van der Waals surface area contributed by atoms with Gasteiger partial charge >= 0.3 is 6.61 Å². The average molecular weight is 411 g/mol. The highest BCUT2D eigenvalue weighted by Crippen LogP contribution is 2.30. The van der Waals surface area contributed by atoms with Gasteiger partial charge in [0.25, 0.3) is 5.91 Å². The largest absolute Gasteiger partial charge is 0.493 e. The number of nitrogens with zero attached hydrogens (tertiary/aromatic N) is 2. The van der Waals surface area contributed by atoms with Crippen LogP contribution in [0.4, 0.5) is 14.5 Å². The third-order valence-corrected chi connectivity index (χ3v) is 4.94. The number of ether oxygens (including phenoxy) is 2. The molecule has 2 aromatic carbocycles. The third kappa shape index (κ3) is 4.47. The quantitative estimate of drug-likeness (QED) is 0.740. The molecule has 0 unspecified atom stereocenters. The van der Waals surface area contributed by atoms with E-state index in [1.807, 2.05) is 25.1 Å². The average Bonchev–Trinajstić information content (AvgIpc) is 2.69. The molecule has 1 aliphatic heterocycles. The van der Waals surface area contributed by atoms with Crippen molar-refractivity contribution in [2.45, 2.75) is 13.5 Å². The number of aryl methyl sites for hydroxylation is 1. The Morgan fingerprint density at radius 1 is 1.07 bits per heavy atom. The summed E-state index contributed by atoms with van der Waals surface area (Å²) in [6, 6.07) is 9.98. The van der Waals surface area contributed by atoms with E-state index in [0.717, 1.165) is 11.3 Å². The number of amides is 1. The molecule has 3 rings (SSSR count). The summed E-state index contributed by atoms with van der Waals surface area (Å²) in [6.45, 7) is 1.51. The Bertz CT molecular complexity index is 855. The molecule has 0 aliphatic carbocycles. The van der Waals surface area contributed by atoms with Crippen molar-refractivity contribution in [2.75, 3.05) is 38.2 Å². The molecule has 0 spiro atoms. The Balaban J connectivity index is 1.69. The first kappa shape index (κ1) is 20.2. The highest BCUT2D eigenvalue weighted by molar-refractivity contribution is 6.30. The second-order valence-corrected chi connectivity index (χ2v) is 6.89. The minimum atomic E-state index is -2.96. The summed E-state index contributed by atoms with van der Waals surface area (Å²) in [5, 5.41) is 0.678. The molecule has 1 heterocycles. The lowest BCUT2D eigenvalue weighted by molar-refractivity contribution is -0.0512. The number of hydrogen-bond acceptors (Lipinski definition) is 4. The van der Waals surface area contributed by atoms with Crippen LogP contribution >= 0.6 is 11.6 Å². The van der Waals surface area contributed by atoms with Gasteiger partial charge in [-0.2, -0.15) is 8.78 Å². The van der Waals surface area contributed by atoms with E-state index >= 15 is 0 Å². The number of rotatable bonds is 5. The van der Waals surface area contributed by atoms with Gasteiger partial charge in [0.1, 0.15) is 0 Å². The van der Waals surface area contributed by atoms with Crippen LogP contribution < -0.4 is 14.4 Å². The molecule has 0 atom stereocenters. The zero-order valence-corrected chi connectivity index (χ0v) is 16.4. The van der Waals surface area contributed by atoms with Crippen LogP contribution in [0.1, 0.15) is 15.9 Å². The van der Waals surface area contributed by atoms with Crippen LogP contribution in [0.3, 0.4) is 0 Å². The van der Waals surface area contributed by atoms with Gasteiger partial charge < -0.3 is 19.3 Å². The number of piperazine rings is 1. The fraction of sp³-hybridized carbons (Fsp3) is 0.350. The van der Waals surface area contributed by atoms with E-state index < -0.39 is 6.61 Å². The second-order valence-electron chi connectivity index (χ2n) is 6.45. The summed E-state index contributed by atoms with van der Waals surface area (Å²) >= 11 is 6.11. The van der Waals surface area contributed by atoms with Crippen LogP contribution in [0.2, 0.25) is 5.02 Å². The van der Waals surface area contributed by atoms with E-state index in [2.05, 4.69) is 9.64 Å². The molecule has 0 aromatic heterocycles. The lowest BCUT2D eigenvalue weighted by Gasteiger charge is -2.37. The van der Waals surface area contributed by atoms with Crippen molar-refractivity contribution in [2.24, 2.45) is 0 Å². The highest BCUT2D eigenvalue weighted by Gasteiger charge is 2.24. The first-order valence-corrected chi connectivity index (χ1v) is 9.20. The normalized spacial score (nSPS) is 14.4. The van der Waals surface area contributed by atoms with Gasteiger partial charge in [0, 0.05) is 42.5 Å². The molecular formula is C20H21ClF2N2O3. The van der Waals surface area contributed by atoms with Crippen molar-refractivity contribution in [3.05, 3.63) is 52.5 Å². The minimum absolute atomic E-state index is 0.0966. The number of alkyl halides is 2. The molecule has 0 N–H and O–H groups in total. The molecule has 0 bridgehead atoms. The SMILES string of the molecule is COc1cc(C(=O)N2CCN(c3cc(Cl)ccc3C)CC2)ccc1OC(F)F. The van der Waals surface area contributed by atoms with Crippen molar-refractivity contribution in [3.63, 3.8) is 0 Å². The minimum Gasteiger partial charge on any atom is -0.493 e. The van der Waals surface area contributed by atoms with Crippen molar-refractivity contribution >= 4 is 23.2 Å². The van der Waals surface area contributed by atoms with Gasteiger partial charge in [0.15, 0.2) is 11.5 Å². The van der Waals surface area contributed by atoms with E-state index in [-0.39, 0.29) is 17.4 Å². The maximum atomic E-state index is 12.8. The summed E-state index contributed by atoms with van der Waals surface area (Å²) in [4.78, 5) is 16.7. The standard InChI is InChI=1S/C20H21ClF2N2O3/c1-13-3-5-15(21)12-16(13)24-7-9-25(10-8-24)19(26)14-4-6-17(28-20(22)23)18(11-14)27-2/h3-6,11-12,20H,7-10H2,1-2H3. The van der Waals surface area contributed by atoms with Crippen LogP contribution in [0, 0.1) is 6.92 Å². The smallest absolute Gasteiger partial charge is 0.387 e. The fourth-order valence-electron chi connectivity index (χ4n) is 3.25. The van der Waals surface area contributed by atoms with Crippen molar-refractivity contribution in [3.8, 4) is 11.5 Å². The topological polar surface area (TPSA) is 42.0 Å². The molecule has 28 heavy (non-hydrogen) atoms. The fourth-order valence-corrected chi connectivity index (χ4v) is 3.42. The molecule has 0 radical (unpaired) electrons. The highest BCUT2D eigenvalue weighted by atomic mass is 35.5. The van der Waals surface area contributed by atoms with Crippen LogP contribution in [0.25, 0.3) is 0 Å². The number of methoxy groups -OCH3 is 1. The van der Waals surface area contributed by atoms with Crippen molar-refractivity contribution in [1.82, 2.24) is 4.90 Å². The molecule has 1 amide bonds. The summed E-state index contributed by atoms with van der Waals surface area (Å²) < 4.78 is 34.4. The maximum absolute atomic E-state index is 12.8. The maximum Gasteiger partial charge on any atom is 0.387 e. The van der Waals surface area contributed by atoms with E-state index in [1.54, 1.807) is 4.90 Å². The van der Waals surface area contributed by atoms with Gasteiger partial charge in [-0.3, -0.25) is 4.79 Å². The molecule has 8 heteroatoms. The van der Waals surface area contributed by atoms with Gasteiger partial charge in [-0.25, -0.2) is 0 Å². The monoisotopic (exact) mass is 410 g/mol. The van der Waals surface area contributed by atoms with Gasteiger partial charge in [0.2, 0.25) is 0 Å². The van der Waals surface area contributed by atoms with E-state index in [1.165, 1.54) is 25.3 Å². The third-order valence-electron chi connectivity index (χ3n) is 4.71. The van der Waals surface area contributed by atoms with Crippen LogP contribution in [0.5, 0.6) is 11.5 Å². The van der Waals surface area contributed by atoms with E-state index in [9.17, 15) is 13.6 Å². The zero-order valence-electron chi connectivity index (χ0n) is 15.6. The Hall–Kier alpha value is -2.54. The number of hydrogen-bond donors (Lipinski definition) is 0. The van der Waals surface area contributed by atoms with Crippen LogP contribution in [-0.2, 0) is 0 Å². The van der Waals surface area contributed by atoms with Gasteiger partial charge in [-0.05, 0) is 42.8 Å². The zero-order chi connectivity index (χ0) is 20.3. The Morgan fingerprint density at radius 2 is 1.79 bits per heavy atom. The number of halogens is 3. The Kier molecular flexibility index (Phi) is 6.24. The first-order chi connectivity index (χ1) is 13.4. The summed E-state index contributed by atoms with van der Waals surface area (Å²) in [6.07, 6.45) is 0. The lowest BCUT2D eigenvalue weighted by atomic mass is 10.1. The molecule has 0 saturated carbocycles. The number of anilines is 1. The second kappa shape index (κ2) is 8.65. The summed E-state index contributed by atoms with van der Waals surface area (Å²) in [5.74, 6) is -0.181. The molecule has 5 nitrogen and oxygen atoms in total. The molecule has 1 fully saturated rings. The van der Waals surface area contributed by atoms with Gasteiger partial charge in [-0.1, -0.05) is 17.7 Å². The van der Waals surface area contributed by atoms with E-state index in [0.29, 0.717) is 36.8 Å². The summed E-state index contributed by atoms with van der Waals surface area (Å²) in [7, 11) is 1.34. The molecule has 1 aliphatic rings. The van der Waals surface area contributed by atoms with Gasteiger partial charge in [0.05, 0.1) is 7.11 Å². The molecule has 150 valence electrons. The number of carbonyl (C=O) groups excluding carboxylic acids is 1. The van der Waals surface area contributed by atoms with Crippen LogP contribution in [-0.4, -0.2) is 50.7 Å².